The van der Waals surface area contributed by atoms with E-state index in [1.807, 2.05) is 6.07 Å². The Labute approximate surface area is 171 Å². The van der Waals surface area contributed by atoms with Crippen LogP contribution in [0.15, 0.2) is 58.0 Å². The number of nitrogens with zero attached hydrogens (tertiary/aromatic N) is 1. The molecule has 1 aliphatic carbocycles. The lowest BCUT2D eigenvalue weighted by atomic mass is 10.00. The zero-order chi connectivity index (χ0) is 19.9. The van der Waals surface area contributed by atoms with E-state index in [1.54, 1.807) is 36.5 Å². The van der Waals surface area contributed by atoms with E-state index >= 15 is 0 Å². The molecule has 2 aromatic carbocycles. The first kappa shape index (κ1) is 18.9. The lowest BCUT2D eigenvalue weighted by Crippen LogP contribution is -2.34. The summed E-state index contributed by atoms with van der Waals surface area (Å²) in [7, 11) is -2.51. The minimum atomic E-state index is -4.05. The van der Waals surface area contributed by atoms with Crippen molar-refractivity contribution < 1.29 is 17.9 Å². The topological polar surface area (TPSA) is 85.4 Å². The van der Waals surface area contributed by atoms with E-state index in [1.165, 1.54) is 13.2 Å². The highest BCUT2D eigenvalue weighted by atomic mass is 79.9. The first-order chi connectivity index (χ1) is 13.4. The van der Waals surface area contributed by atoms with Crippen LogP contribution in [0.4, 0.5) is 0 Å². The zero-order valence-electron chi connectivity index (χ0n) is 15.0. The van der Waals surface area contributed by atoms with Crippen LogP contribution in [0.1, 0.15) is 23.5 Å². The predicted molar refractivity (Wildman–Crippen MR) is 109 cm³/mol. The summed E-state index contributed by atoms with van der Waals surface area (Å²) in [6.45, 7) is 0. The second-order valence-corrected chi connectivity index (χ2v) is 9.03. The summed E-state index contributed by atoms with van der Waals surface area (Å²) in [6, 6.07) is 11.8. The predicted octanol–water partition coefficient (Wildman–Crippen LogP) is 3.54. The quantitative estimate of drug-likeness (QED) is 0.643. The summed E-state index contributed by atoms with van der Waals surface area (Å²) in [5.74, 6) is -0.566. The number of rotatable bonds is 4. The van der Waals surface area contributed by atoms with Gasteiger partial charge < -0.3 is 4.74 Å². The third-order valence-electron chi connectivity index (χ3n) is 4.96. The van der Waals surface area contributed by atoms with Crippen LogP contribution in [0.2, 0.25) is 0 Å². The van der Waals surface area contributed by atoms with E-state index in [-0.39, 0.29) is 4.90 Å². The number of halogens is 1. The van der Waals surface area contributed by atoms with Gasteiger partial charge in [-0.3, -0.25) is 9.78 Å². The molecule has 1 amide bonds. The Hall–Kier alpha value is -2.45. The van der Waals surface area contributed by atoms with Crippen molar-refractivity contribution in [2.24, 2.45) is 0 Å². The molecule has 1 heterocycles. The van der Waals surface area contributed by atoms with Gasteiger partial charge in [-0.2, -0.15) is 0 Å². The molecule has 0 fully saturated rings. The van der Waals surface area contributed by atoms with Crippen LogP contribution >= 0.6 is 15.9 Å². The summed E-state index contributed by atoms with van der Waals surface area (Å²) < 4.78 is 34.4. The minimum absolute atomic E-state index is 0.0332. The molecular formula is C20H17BrN2O4S. The van der Waals surface area contributed by atoms with Gasteiger partial charge >= 0.3 is 0 Å². The number of fused-ring (bicyclic) bond motifs is 2. The van der Waals surface area contributed by atoms with Gasteiger partial charge in [-0.15, -0.1) is 0 Å². The van der Waals surface area contributed by atoms with Gasteiger partial charge in [0.1, 0.15) is 5.75 Å². The fraction of sp³-hybridized carbons (Fsp3) is 0.200. The minimum Gasteiger partial charge on any atom is -0.496 e. The van der Waals surface area contributed by atoms with Crippen molar-refractivity contribution in [3.05, 3.63) is 64.3 Å². The maximum absolute atomic E-state index is 12.9. The molecule has 28 heavy (non-hydrogen) atoms. The van der Waals surface area contributed by atoms with Crippen LogP contribution in [-0.2, 0) is 21.2 Å². The number of benzene rings is 2. The van der Waals surface area contributed by atoms with Crippen LogP contribution in [0, 0.1) is 0 Å². The molecule has 6 nitrogen and oxygen atoms in total. The molecule has 0 spiro atoms. The van der Waals surface area contributed by atoms with Gasteiger partial charge in [0.05, 0.1) is 23.4 Å². The second kappa shape index (κ2) is 7.18. The number of carbonyl (C=O) groups is 1. The van der Waals surface area contributed by atoms with Gasteiger partial charge in [-0.25, -0.2) is 13.1 Å². The van der Waals surface area contributed by atoms with Crippen molar-refractivity contribution in [3.8, 4) is 5.75 Å². The number of pyridine rings is 1. The normalized spacial score (nSPS) is 16.0. The number of aromatic nitrogens is 1. The fourth-order valence-electron chi connectivity index (χ4n) is 3.69. The summed E-state index contributed by atoms with van der Waals surface area (Å²) in [5.41, 5.74) is 2.27. The average molecular weight is 461 g/mol. The Balaban J connectivity index is 1.70. The van der Waals surface area contributed by atoms with Gasteiger partial charge in [-0.05, 0) is 54.8 Å². The second-order valence-electron chi connectivity index (χ2n) is 6.53. The number of ether oxygens (including phenoxy) is 1. The third-order valence-corrected chi connectivity index (χ3v) is 7.11. The van der Waals surface area contributed by atoms with Crippen LogP contribution in [0.5, 0.6) is 5.75 Å². The van der Waals surface area contributed by atoms with Crippen molar-refractivity contribution in [1.29, 1.82) is 0 Å². The third kappa shape index (κ3) is 3.16. The number of hydrogen-bond acceptors (Lipinski definition) is 5. The molecule has 0 saturated carbocycles. The molecule has 0 bridgehead atoms. The van der Waals surface area contributed by atoms with Crippen molar-refractivity contribution in [3.63, 3.8) is 0 Å². The molecule has 1 aromatic heterocycles. The molecule has 4 rings (SSSR count). The molecule has 3 aromatic rings. The van der Waals surface area contributed by atoms with E-state index in [2.05, 4.69) is 25.6 Å². The molecule has 1 aliphatic rings. The lowest BCUT2D eigenvalue weighted by Gasteiger charge is -2.16. The number of carbonyl (C=O) groups excluding carboxylic acids is 1. The van der Waals surface area contributed by atoms with E-state index in [9.17, 15) is 13.2 Å². The summed E-state index contributed by atoms with van der Waals surface area (Å²) in [6.07, 6.45) is 2.78. The molecule has 0 unspecified atom stereocenters. The first-order valence-electron chi connectivity index (χ1n) is 8.68. The number of sulfonamides is 1. The number of methoxy groups -OCH3 is 1. The lowest BCUT2D eigenvalue weighted by molar-refractivity contribution is -0.120. The van der Waals surface area contributed by atoms with Crippen molar-refractivity contribution in [2.45, 2.75) is 23.7 Å². The Morgan fingerprint density at radius 3 is 2.82 bits per heavy atom. The molecular weight excluding hydrogens is 444 g/mol. The maximum Gasteiger partial charge on any atom is 0.264 e. The Morgan fingerprint density at radius 1 is 1.21 bits per heavy atom. The molecule has 8 heteroatoms. The molecule has 144 valence electrons. The first-order valence-corrected chi connectivity index (χ1v) is 11.0. The largest absolute Gasteiger partial charge is 0.496 e. The molecule has 1 atom stereocenters. The maximum atomic E-state index is 12.9. The number of hydrogen-bond donors (Lipinski definition) is 1. The SMILES string of the molecule is COc1ccc(Br)c2c1[C@H](C(=O)NS(=O)(=O)c1cccc3ncccc13)CC2. The summed E-state index contributed by atoms with van der Waals surface area (Å²) in [5, 5.41) is 0.470. The molecule has 0 radical (unpaired) electrons. The average Bonchev–Trinajstić information content (AvgIpc) is 3.14. The van der Waals surface area contributed by atoms with E-state index in [4.69, 9.17) is 4.74 Å². The van der Waals surface area contributed by atoms with Crippen LogP contribution < -0.4 is 9.46 Å². The Kier molecular flexibility index (Phi) is 4.84. The highest BCUT2D eigenvalue weighted by Crippen LogP contribution is 2.43. The zero-order valence-corrected chi connectivity index (χ0v) is 17.4. The van der Waals surface area contributed by atoms with Crippen LogP contribution in [0.25, 0.3) is 10.9 Å². The van der Waals surface area contributed by atoms with E-state index < -0.39 is 21.8 Å². The van der Waals surface area contributed by atoms with Crippen LogP contribution in [-0.4, -0.2) is 26.4 Å². The van der Waals surface area contributed by atoms with Crippen molar-refractivity contribution in [2.75, 3.05) is 7.11 Å². The highest BCUT2D eigenvalue weighted by molar-refractivity contribution is 9.10. The van der Waals surface area contributed by atoms with Crippen LogP contribution in [0.3, 0.4) is 0 Å². The summed E-state index contributed by atoms with van der Waals surface area (Å²) >= 11 is 3.50. The number of nitrogens with one attached hydrogen (secondary N) is 1. The molecule has 0 aliphatic heterocycles. The van der Waals surface area contributed by atoms with Gasteiger partial charge in [0.15, 0.2) is 0 Å². The van der Waals surface area contributed by atoms with E-state index in [0.29, 0.717) is 29.5 Å². The summed E-state index contributed by atoms with van der Waals surface area (Å²) in [4.78, 5) is 17.1. The molecule has 0 saturated heterocycles. The standard InChI is InChI=1S/C20H17BrN2O4S/c1-27-17-10-9-15(21)12-7-8-14(19(12)17)20(24)23-28(25,26)18-6-2-5-16-13(18)4-3-11-22-16/h2-6,9-11,14H,7-8H2,1H3,(H,23,24)/t14-/m1/s1. The Bertz CT molecular complexity index is 1190. The molecule has 1 N–H and O–H groups in total. The van der Waals surface area contributed by atoms with Crippen molar-refractivity contribution in [1.82, 2.24) is 9.71 Å². The van der Waals surface area contributed by atoms with E-state index in [0.717, 1.165) is 15.6 Å². The smallest absolute Gasteiger partial charge is 0.264 e. The van der Waals surface area contributed by atoms with Gasteiger partial charge in [-0.1, -0.05) is 22.0 Å². The monoisotopic (exact) mass is 460 g/mol. The fourth-order valence-corrected chi connectivity index (χ4v) is 5.47. The van der Waals surface area contributed by atoms with Gasteiger partial charge in [0.25, 0.3) is 10.0 Å². The highest BCUT2D eigenvalue weighted by Gasteiger charge is 2.35. The van der Waals surface area contributed by atoms with Gasteiger partial charge in [0.2, 0.25) is 5.91 Å². The number of amides is 1. The van der Waals surface area contributed by atoms with Crippen molar-refractivity contribution >= 4 is 42.8 Å². The Morgan fingerprint density at radius 2 is 2.04 bits per heavy atom. The van der Waals surface area contributed by atoms with Gasteiger partial charge in [0, 0.05) is 21.6 Å².